The van der Waals surface area contributed by atoms with Gasteiger partial charge in [-0.3, -0.25) is 0 Å². The van der Waals surface area contributed by atoms with E-state index in [1.807, 2.05) is 0 Å². The topological polar surface area (TPSA) is 20.2 Å². The predicted octanol–water partition coefficient (Wildman–Crippen LogP) is 5.68. The van der Waals surface area contributed by atoms with Crippen LogP contribution in [0.5, 0.6) is 0 Å². The fraction of sp³-hybridized carbons (Fsp3) is 0.750. The van der Waals surface area contributed by atoms with Crippen LogP contribution >= 0.6 is 0 Å². The van der Waals surface area contributed by atoms with Crippen LogP contribution in [-0.4, -0.2) is 5.11 Å². The fourth-order valence-corrected chi connectivity index (χ4v) is 2.41. The molecule has 0 unspecified atom stereocenters. The quantitative estimate of drug-likeness (QED) is 0.654. The van der Waals surface area contributed by atoms with Crippen molar-refractivity contribution in [3.8, 4) is 0 Å². The number of hydrogen-bond acceptors (Lipinski definition) is 1. The number of aliphatic hydroxyl groups is 1. The molecule has 0 bridgehead atoms. The van der Waals surface area contributed by atoms with E-state index in [1.54, 1.807) is 0 Å². The van der Waals surface area contributed by atoms with Gasteiger partial charge in [0.25, 0.3) is 0 Å². The Morgan fingerprint density at radius 2 is 1.41 bits per heavy atom. The molecular weight excluding hydrogens is 208 g/mol. The maximum absolute atomic E-state index is 10.1. The zero-order valence-electron chi connectivity index (χ0n) is 11.4. The van der Waals surface area contributed by atoms with Crippen molar-refractivity contribution in [2.24, 2.45) is 0 Å². The van der Waals surface area contributed by atoms with Crippen LogP contribution < -0.4 is 0 Å². The van der Waals surface area contributed by atoms with Gasteiger partial charge in [-0.2, -0.15) is 0 Å². The Morgan fingerprint density at radius 3 is 2.00 bits per heavy atom. The maximum Gasteiger partial charge on any atom is 0.0954 e. The molecule has 0 saturated heterocycles. The molecule has 0 radical (unpaired) electrons. The van der Waals surface area contributed by atoms with Crippen LogP contribution in [0.25, 0.3) is 0 Å². The van der Waals surface area contributed by atoms with Gasteiger partial charge in [0, 0.05) is 6.42 Å². The SMILES string of the molecule is CC/C=C/C1=C(\O)CCCCCCCCCC1. The maximum atomic E-state index is 10.1. The van der Waals surface area contributed by atoms with Crippen LogP contribution in [0.3, 0.4) is 0 Å². The van der Waals surface area contributed by atoms with E-state index >= 15 is 0 Å². The van der Waals surface area contributed by atoms with Crippen LogP contribution in [0.15, 0.2) is 23.5 Å². The van der Waals surface area contributed by atoms with Crippen molar-refractivity contribution in [1.82, 2.24) is 0 Å². The summed E-state index contributed by atoms with van der Waals surface area (Å²) in [6.45, 7) is 2.14. The highest BCUT2D eigenvalue weighted by Gasteiger charge is 2.04. The standard InChI is InChI=1S/C16H28O/c1-2-3-12-15-13-10-8-6-4-5-7-9-11-14-16(15)17/h3,12,17H,2,4-11,13-14H2,1H3/b12-3+,16-15+. The summed E-state index contributed by atoms with van der Waals surface area (Å²) >= 11 is 0. The van der Waals surface area contributed by atoms with E-state index in [9.17, 15) is 5.11 Å². The summed E-state index contributed by atoms with van der Waals surface area (Å²) in [4.78, 5) is 0. The summed E-state index contributed by atoms with van der Waals surface area (Å²) < 4.78 is 0. The Labute approximate surface area is 107 Å². The van der Waals surface area contributed by atoms with E-state index < -0.39 is 0 Å². The highest BCUT2D eigenvalue weighted by atomic mass is 16.3. The van der Waals surface area contributed by atoms with E-state index in [-0.39, 0.29) is 0 Å². The van der Waals surface area contributed by atoms with Crippen LogP contribution in [0.4, 0.5) is 0 Å². The van der Waals surface area contributed by atoms with Crippen LogP contribution in [0.1, 0.15) is 77.6 Å². The number of aliphatic hydroxyl groups excluding tert-OH is 1. The third-order valence-corrected chi connectivity index (χ3v) is 3.54. The Balaban J connectivity index is 2.57. The predicted molar refractivity (Wildman–Crippen MR) is 75.3 cm³/mol. The zero-order valence-corrected chi connectivity index (χ0v) is 11.4. The molecule has 0 spiro atoms. The first-order chi connectivity index (χ1) is 8.34. The van der Waals surface area contributed by atoms with Crippen molar-refractivity contribution < 1.29 is 5.11 Å². The van der Waals surface area contributed by atoms with Crippen molar-refractivity contribution in [3.05, 3.63) is 23.5 Å². The highest BCUT2D eigenvalue weighted by Crippen LogP contribution is 2.21. The van der Waals surface area contributed by atoms with Gasteiger partial charge in [0.1, 0.15) is 0 Å². The van der Waals surface area contributed by atoms with Gasteiger partial charge in [-0.15, -0.1) is 0 Å². The Hall–Kier alpha value is -0.720. The molecular formula is C16H28O. The second kappa shape index (κ2) is 9.32. The molecule has 1 rings (SSSR count). The molecule has 17 heavy (non-hydrogen) atoms. The molecule has 0 amide bonds. The minimum atomic E-state index is 0.648. The molecule has 1 aliphatic rings. The minimum absolute atomic E-state index is 0.648. The van der Waals surface area contributed by atoms with E-state index in [4.69, 9.17) is 0 Å². The zero-order chi connectivity index (χ0) is 12.3. The molecule has 0 aromatic heterocycles. The summed E-state index contributed by atoms with van der Waals surface area (Å²) in [6.07, 6.45) is 17.7. The number of rotatable bonds is 2. The molecule has 0 saturated carbocycles. The summed E-state index contributed by atoms with van der Waals surface area (Å²) in [6, 6.07) is 0. The monoisotopic (exact) mass is 236 g/mol. The molecule has 0 aromatic carbocycles. The van der Waals surface area contributed by atoms with Crippen LogP contribution in [-0.2, 0) is 0 Å². The van der Waals surface area contributed by atoms with E-state index in [0.717, 1.165) is 25.7 Å². The molecule has 1 N–H and O–H groups in total. The van der Waals surface area contributed by atoms with Crippen LogP contribution in [0, 0.1) is 0 Å². The lowest BCUT2D eigenvalue weighted by molar-refractivity contribution is 0.370. The van der Waals surface area contributed by atoms with Crippen molar-refractivity contribution in [1.29, 1.82) is 0 Å². The van der Waals surface area contributed by atoms with E-state index in [0.29, 0.717) is 5.76 Å². The second-order valence-corrected chi connectivity index (χ2v) is 5.11. The lowest BCUT2D eigenvalue weighted by Crippen LogP contribution is -1.93. The molecule has 1 nitrogen and oxygen atoms in total. The second-order valence-electron chi connectivity index (χ2n) is 5.11. The molecule has 1 heteroatoms. The molecule has 0 heterocycles. The summed E-state index contributed by atoms with van der Waals surface area (Å²) in [7, 11) is 0. The molecule has 0 aliphatic heterocycles. The first kappa shape index (κ1) is 14.3. The summed E-state index contributed by atoms with van der Waals surface area (Å²) in [5, 5.41) is 10.1. The lowest BCUT2D eigenvalue weighted by Gasteiger charge is -2.10. The van der Waals surface area contributed by atoms with Gasteiger partial charge in [0.2, 0.25) is 0 Å². The highest BCUT2D eigenvalue weighted by molar-refractivity contribution is 5.21. The van der Waals surface area contributed by atoms with Gasteiger partial charge < -0.3 is 5.11 Å². The third-order valence-electron chi connectivity index (χ3n) is 3.54. The average molecular weight is 236 g/mol. The van der Waals surface area contributed by atoms with Crippen molar-refractivity contribution >= 4 is 0 Å². The Morgan fingerprint density at radius 1 is 0.882 bits per heavy atom. The smallest absolute Gasteiger partial charge is 0.0954 e. The van der Waals surface area contributed by atoms with E-state index in [1.165, 1.54) is 50.5 Å². The summed E-state index contributed by atoms with van der Waals surface area (Å²) in [5.41, 5.74) is 1.19. The van der Waals surface area contributed by atoms with Gasteiger partial charge in [-0.1, -0.05) is 57.6 Å². The minimum Gasteiger partial charge on any atom is -0.512 e. The first-order valence-electron chi connectivity index (χ1n) is 7.42. The van der Waals surface area contributed by atoms with Gasteiger partial charge in [0.15, 0.2) is 0 Å². The van der Waals surface area contributed by atoms with Gasteiger partial charge in [-0.25, -0.2) is 0 Å². The Kier molecular flexibility index (Phi) is 7.87. The Bertz CT molecular complexity index is 250. The van der Waals surface area contributed by atoms with Crippen molar-refractivity contribution in [2.45, 2.75) is 77.6 Å². The van der Waals surface area contributed by atoms with E-state index in [2.05, 4.69) is 19.1 Å². The molecule has 0 fully saturated rings. The summed E-state index contributed by atoms with van der Waals surface area (Å²) in [5.74, 6) is 0.648. The lowest BCUT2D eigenvalue weighted by atomic mass is 9.99. The normalized spacial score (nSPS) is 25.5. The number of hydrogen-bond donors (Lipinski definition) is 1. The first-order valence-corrected chi connectivity index (χ1v) is 7.42. The van der Waals surface area contributed by atoms with Gasteiger partial charge in [0.05, 0.1) is 5.76 Å². The largest absolute Gasteiger partial charge is 0.512 e. The third kappa shape index (κ3) is 6.55. The van der Waals surface area contributed by atoms with Gasteiger partial charge in [-0.05, 0) is 31.3 Å². The molecule has 98 valence electrons. The van der Waals surface area contributed by atoms with Gasteiger partial charge >= 0.3 is 0 Å². The average Bonchev–Trinajstić information content (AvgIpc) is 2.33. The fourth-order valence-electron chi connectivity index (χ4n) is 2.41. The molecule has 0 atom stereocenters. The van der Waals surface area contributed by atoms with Crippen molar-refractivity contribution in [3.63, 3.8) is 0 Å². The molecule has 0 aromatic rings. The van der Waals surface area contributed by atoms with Crippen LogP contribution in [0.2, 0.25) is 0 Å². The molecule has 1 aliphatic carbocycles. The number of allylic oxidation sites excluding steroid dienone is 4. The van der Waals surface area contributed by atoms with Crippen molar-refractivity contribution in [2.75, 3.05) is 0 Å².